The first-order valence-corrected chi connectivity index (χ1v) is 7.25. The zero-order chi connectivity index (χ0) is 16.1. The van der Waals surface area contributed by atoms with Gasteiger partial charge in [0.05, 0.1) is 12.8 Å². The first-order valence-electron chi connectivity index (χ1n) is 6.84. The normalized spacial score (nSPS) is 11.0. The third kappa shape index (κ3) is 3.43. The Morgan fingerprint density at radius 1 is 1.55 bits per heavy atom. The fraction of sp³-hybridized carbons (Fsp3) is 0.267. The highest BCUT2D eigenvalue weighted by Gasteiger charge is 2.09. The summed E-state index contributed by atoms with van der Waals surface area (Å²) in [5, 5.41) is 21.1. The Morgan fingerprint density at radius 2 is 2.32 bits per heavy atom. The molecule has 2 rings (SSSR count). The number of aromatic nitrogens is 3. The Balaban J connectivity index is 2.42. The number of hydrogen-bond acceptors (Lipinski definition) is 5. The van der Waals surface area contributed by atoms with Gasteiger partial charge in [0, 0.05) is 5.56 Å². The van der Waals surface area contributed by atoms with E-state index in [9.17, 15) is 5.11 Å². The second kappa shape index (κ2) is 7.04. The molecule has 1 aromatic carbocycles. The molecule has 0 aliphatic rings. The van der Waals surface area contributed by atoms with Crippen LogP contribution in [0.15, 0.2) is 29.9 Å². The lowest BCUT2D eigenvalue weighted by Crippen LogP contribution is -1.98. The van der Waals surface area contributed by atoms with E-state index in [1.807, 2.05) is 13.0 Å². The number of ether oxygens (including phenoxy) is 1. The van der Waals surface area contributed by atoms with Crippen LogP contribution in [0.25, 0.3) is 0 Å². The van der Waals surface area contributed by atoms with Gasteiger partial charge in [-0.05, 0) is 50.2 Å². The highest BCUT2D eigenvalue weighted by atomic mass is 32.1. The van der Waals surface area contributed by atoms with Gasteiger partial charge in [-0.2, -0.15) is 14.9 Å². The lowest BCUT2D eigenvalue weighted by atomic mass is 10.1. The lowest BCUT2D eigenvalue weighted by molar-refractivity contribution is 0.317. The summed E-state index contributed by atoms with van der Waals surface area (Å²) in [6, 6.07) is 3.57. The minimum atomic E-state index is 0.134. The number of aromatic hydroxyl groups is 1. The second-order valence-corrected chi connectivity index (χ2v) is 4.97. The van der Waals surface area contributed by atoms with Gasteiger partial charge in [0.25, 0.3) is 0 Å². The molecule has 6 nitrogen and oxygen atoms in total. The summed E-state index contributed by atoms with van der Waals surface area (Å²) in [6.07, 6.45) is 3.91. The monoisotopic (exact) mass is 318 g/mol. The molecule has 0 saturated heterocycles. The average Bonchev–Trinajstić information content (AvgIpc) is 2.81. The van der Waals surface area contributed by atoms with Crippen molar-refractivity contribution in [2.24, 2.45) is 5.10 Å². The van der Waals surface area contributed by atoms with Crippen LogP contribution in [-0.2, 0) is 6.42 Å². The predicted molar refractivity (Wildman–Crippen MR) is 88.3 cm³/mol. The number of H-pyrrole nitrogens is 1. The summed E-state index contributed by atoms with van der Waals surface area (Å²) in [4.78, 5) is 0. The summed E-state index contributed by atoms with van der Waals surface area (Å²) in [5.41, 5.74) is 1.52. The minimum Gasteiger partial charge on any atom is -0.504 e. The predicted octanol–water partition coefficient (Wildman–Crippen LogP) is 2.96. The van der Waals surface area contributed by atoms with E-state index in [0.717, 1.165) is 11.1 Å². The molecule has 0 atom stereocenters. The molecule has 0 spiro atoms. The van der Waals surface area contributed by atoms with Crippen LogP contribution in [-0.4, -0.2) is 32.8 Å². The number of aryl methyl sites for hydroxylation is 1. The summed E-state index contributed by atoms with van der Waals surface area (Å²) >= 11 is 5.10. The van der Waals surface area contributed by atoms with E-state index in [4.69, 9.17) is 17.0 Å². The Hall–Kier alpha value is -2.41. The summed E-state index contributed by atoms with van der Waals surface area (Å²) < 4.78 is 7.40. The number of nitrogens with zero attached hydrogens (tertiary/aromatic N) is 3. The summed E-state index contributed by atoms with van der Waals surface area (Å²) in [5.74, 6) is 1.22. The van der Waals surface area contributed by atoms with Crippen LogP contribution in [0.5, 0.6) is 11.5 Å². The first kappa shape index (κ1) is 16.0. The Bertz CT molecular complexity index is 761. The molecule has 0 aliphatic carbocycles. The number of rotatable bonds is 6. The van der Waals surface area contributed by atoms with Gasteiger partial charge in [0.15, 0.2) is 11.5 Å². The van der Waals surface area contributed by atoms with Crippen molar-refractivity contribution in [3.05, 3.63) is 46.5 Å². The van der Waals surface area contributed by atoms with Crippen LogP contribution in [0.2, 0.25) is 0 Å². The van der Waals surface area contributed by atoms with Crippen molar-refractivity contribution in [3.8, 4) is 11.5 Å². The first-order chi connectivity index (χ1) is 10.6. The van der Waals surface area contributed by atoms with Gasteiger partial charge in [0.1, 0.15) is 5.82 Å². The van der Waals surface area contributed by atoms with E-state index in [1.165, 1.54) is 4.68 Å². The number of phenols is 1. The molecule has 0 amide bonds. The Kier molecular flexibility index (Phi) is 5.11. The number of aromatic amines is 1. The van der Waals surface area contributed by atoms with E-state index in [0.29, 0.717) is 29.4 Å². The SMILES string of the molecule is C=CCc1cc(/C=N\n2c(C)n[nH]c2=S)cc(OCC)c1O. The standard InChI is InChI=1S/C15H18N4O2S/c1-4-6-12-7-11(8-13(14(12)20)21-5-2)9-16-19-10(3)17-18-15(19)22/h4,7-9,20H,1,5-6H2,2-3H3,(H,18,22)/b16-9-. The molecule has 0 unspecified atom stereocenters. The molecule has 1 aromatic heterocycles. The number of nitrogens with one attached hydrogen (secondary N) is 1. The fourth-order valence-electron chi connectivity index (χ4n) is 1.97. The third-order valence-corrected chi connectivity index (χ3v) is 3.24. The van der Waals surface area contributed by atoms with E-state index in [1.54, 1.807) is 25.3 Å². The van der Waals surface area contributed by atoms with Crippen LogP contribution < -0.4 is 4.74 Å². The van der Waals surface area contributed by atoms with Crippen molar-refractivity contribution < 1.29 is 9.84 Å². The molecule has 116 valence electrons. The largest absolute Gasteiger partial charge is 0.504 e. The van der Waals surface area contributed by atoms with Crippen molar-refractivity contribution in [3.63, 3.8) is 0 Å². The van der Waals surface area contributed by atoms with Gasteiger partial charge >= 0.3 is 0 Å². The molecule has 0 saturated carbocycles. The van der Waals surface area contributed by atoms with E-state index in [-0.39, 0.29) is 5.75 Å². The quantitative estimate of drug-likeness (QED) is 0.488. The lowest BCUT2D eigenvalue weighted by Gasteiger charge is -2.10. The maximum atomic E-state index is 10.2. The smallest absolute Gasteiger partial charge is 0.216 e. The zero-order valence-corrected chi connectivity index (χ0v) is 13.4. The maximum absolute atomic E-state index is 10.2. The van der Waals surface area contributed by atoms with Crippen LogP contribution in [0, 0.1) is 11.7 Å². The number of phenolic OH excluding ortho intramolecular Hbond substituents is 1. The summed E-state index contributed by atoms with van der Waals surface area (Å²) in [7, 11) is 0. The van der Waals surface area contributed by atoms with Gasteiger partial charge in [-0.3, -0.25) is 5.10 Å². The minimum absolute atomic E-state index is 0.134. The molecule has 1 heterocycles. The fourth-order valence-corrected chi connectivity index (χ4v) is 2.20. The molecule has 0 radical (unpaired) electrons. The molecule has 0 fully saturated rings. The van der Waals surface area contributed by atoms with Crippen LogP contribution in [0.1, 0.15) is 23.9 Å². The molecule has 0 aliphatic heterocycles. The molecule has 22 heavy (non-hydrogen) atoms. The molecule has 0 bridgehead atoms. The van der Waals surface area contributed by atoms with Crippen molar-refractivity contribution in [1.82, 2.24) is 14.9 Å². The van der Waals surface area contributed by atoms with E-state index >= 15 is 0 Å². The average molecular weight is 318 g/mol. The van der Waals surface area contributed by atoms with Gasteiger partial charge in [-0.25, -0.2) is 0 Å². The topological polar surface area (TPSA) is 75.4 Å². The van der Waals surface area contributed by atoms with E-state index < -0.39 is 0 Å². The molecular weight excluding hydrogens is 300 g/mol. The third-order valence-electron chi connectivity index (χ3n) is 2.97. The van der Waals surface area contributed by atoms with Crippen molar-refractivity contribution >= 4 is 18.4 Å². The van der Waals surface area contributed by atoms with Crippen LogP contribution >= 0.6 is 12.2 Å². The maximum Gasteiger partial charge on any atom is 0.216 e. The van der Waals surface area contributed by atoms with Gasteiger partial charge < -0.3 is 9.84 Å². The highest BCUT2D eigenvalue weighted by Crippen LogP contribution is 2.31. The van der Waals surface area contributed by atoms with Crippen molar-refractivity contribution in [2.75, 3.05) is 6.61 Å². The molecule has 7 heteroatoms. The highest BCUT2D eigenvalue weighted by molar-refractivity contribution is 7.71. The molecular formula is C15H18N4O2S. The second-order valence-electron chi connectivity index (χ2n) is 4.58. The number of benzene rings is 1. The Morgan fingerprint density at radius 3 is 2.91 bits per heavy atom. The number of hydrogen-bond donors (Lipinski definition) is 2. The van der Waals surface area contributed by atoms with Gasteiger partial charge in [-0.1, -0.05) is 6.08 Å². The summed E-state index contributed by atoms with van der Waals surface area (Å²) in [6.45, 7) is 7.83. The number of allylic oxidation sites excluding steroid dienone is 1. The molecule has 2 N–H and O–H groups in total. The van der Waals surface area contributed by atoms with Gasteiger partial charge in [-0.15, -0.1) is 6.58 Å². The van der Waals surface area contributed by atoms with Crippen LogP contribution in [0.4, 0.5) is 0 Å². The van der Waals surface area contributed by atoms with E-state index in [2.05, 4.69) is 21.9 Å². The Labute approximate surface area is 133 Å². The van der Waals surface area contributed by atoms with Crippen molar-refractivity contribution in [1.29, 1.82) is 0 Å². The van der Waals surface area contributed by atoms with Gasteiger partial charge in [0.2, 0.25) is 4.77 Å². The van der Waals surface area contributed by atoms with Crippen molar-refractivity contribution in [2.45, 2.75) is 20.3 Å². The zero-order valence-electron chi connectivity index (χ0n) is 12.5. The van der Waals surface area contributed by atoms with Crippen LogP contribution in [0.3, 0.4) is 0 Å². The molecule has 2 aromatic rings.